The van der Waals surface area contributed by atoms with Gasteiger partial charge in [0.2, 0.25) is 0 Å². The Balaban J connectivity index is 2.36. The van der Waals surface area contributed by atoms with Gasteiger partial charge in [-0.1, -0.05) is 37.6 Å². The van der Waals surface area contributed by atoms with Crippen LogP contribution in [0.4, 0.5) is 4.79 Å². The molecule has 0 heterocycles. The molecule has 28 heavy (non-hydrogen) atoms. The summed E-state index contributed by atoms with van der Waals surface area (Å²) >= 11 is 0. The lowest BCUT2D eigenvalue weighted by molar-refractivity contribution is 0.0667. The summed E-state index contributed by atoms with van der Waals surface area (Å²) in [6.45, 7) is 8.01. The zero-order valence-electron chi connectivity index (χ0n) is 17.5. The fraction of sp³-hybridized carbons (Fsp3) is 0.522. The Morgan fingerprint density at radius 1 is 1.07 bits per heavy atom. The number of allylic oxidation sites excluding steroid dienone is 2. The van der Waals surface area contributed by atoms with E-state index >= 15 is 0 Å². The summed E-state index contributed by atoms with van der Waals surface area (Å²) in [5, 5.41) is 2.82. The molecule has 0 atom stereocenters. The summed E-state index contributed by atoms with van der Waals surface area (Å²) < 4.78 is 0. The SMILES string of the molecule is CCCCNC(=O)N(C(=O)c1ccccc1C(=O)C1=CCCCC1)C(C)(C)C. The first kappa shape index (κ1) is 21.9. The maximum atomic E-state index is 13.4. The number of urea groups is 1. The van der Waals surface area contributed by atoms with Crippen LogP contribution in [-0.4, -0.2) is 34.7 Å². The first-order valence-electron chi connectivity index (χ1n) is 10.2. The van der Waals surface area contributed by atoms with Crippen LogP contribution in [0.2, 0.25) is 0 Å². The molecule has 0 aromatic heterocycles. The van der Waals surface area contributed by atoms with Gasteiger partial charge in [-0.25, -0.2) is 4.79 Å². The van der Waals surface area contributed by atoms with E-state index in [0.717, 1.165) is 44.1 Å². The number of carbonyl (C=O) groups excluding carboxylic acids is 3. The summed E-state index contributed by atoms with van der Waals surface area (Å²) in [5.74, 6) is -0.550. The highest BCUT2D eigenvalue weighted by molar-refractivity contribution is 6.17. The fourth-order valence-corrected chi connectivity index (χ4v) is 3.36. The largest absolute Gasteiger partial charge is 0.338 e. The molecule has 1 aromatic carbocycles. The maximum absolute atomic E-state index is 13.4. The first-order valence-corrected chi connectivity index (χ1v) is 10.2. The summed E-state index contributed by atoms with van der Waals surface area (Å²) in [6, 6.07) is 6.38. The van der Waals surface area contributed by atoms with Crippen LogP contribution in [0.1, 0.15) is 86.9 Å². The predicted octanol–water partition coefficient (Wildman–Crippen LogP) is 5.12. The molecule has 1 N–H and O–H groups in total. The number of hydrogen-bond acceptors (Lipinski definition) is 3. The smallest absolute Gasteiger partial charge is 0.324 e. The van der Waals surface area contributed by atoms with Gasteiger partial charge in [0.25, 0.3) is 5.91 Å². The number of amides is 3. The number of rotatable bonds is 6. The number of nitrogens with zero attached hydrogens (tertiary/aromatic N) is 1. The van der Waals surface area contributed by atoms with Gasteiger partial charge in [0.1, 0.15) is 0 Å². The van der Waals surface area contributed by atoms with Crippen LogP contribution in [0.25, 0.3) is 0 Å². The second kappa shape index (κ2) is 9.67. The van der Waals surface area contributed by atoms with Gasteiger partial charge in [-0.2, -0.15) is 0 Å². The number of unbranched alkanes of at least 4 members (excludes halogenated alkanes) is 1. The fourth-order valence-electron chi connectivity index (χ4n) is 3.36. The van der Waals surface area contributed by atoms with Gasteiger partial charge in [0, 0.05) is 17.6 Å². The third-order valence-corrected chi connectivity index (χ3v) is 4.87. The first-order chi connectivity index (χ1) is 13.3. The van der Waals surface area contributed by atoms with E-state index in [-0.39, 0.29) is 11.3 Å². The Bertz CT molecular complexity index is 759. The van der Waals surface area contributed by atoms with Crippen molar-refractivity contribution < 1.29 is 14.4 Å². The van der Waals surface area contributed by atoms with Crippen LogP contribution in [0, 0.1) is 0 Å². The lowest BCUT2D eigenvalue weighted by Crippen LogP contribution is -2.54. The van der Waals surface area contributed by atoms with E-state index in [4.69, 9.17) is 0 Å². The Morgan fingerprint density at radius 2 is 1.75 bits per heavy atom. The van der Waals surface area contributed by atoms with Crippen LogP contribution in [0.5, 0.6) is 0 Å². The van der Waals surface area contributed by atoms with Gasteiger partial charge >= 0.3 is 6.03 Å². The van der Waals surface area contributed by atoms with Crippen molar-refractivity contribution >= 4 is 17.7 Å². The normalized spacial score (nSPS) is 14.2. The quantitative estimate of drug-likeness (QED) is 0.547. The summed E-state index contributed by atoms with van der Waals surface area (Å²) in [5.41, 5.74) is 0.699. The molecular weight excluding hydrogens is 352 g/mol. The topological polar surface area (TPSA) is 66.5 Å². The second-order valence-electron chi connectivity index (χ2n) is 8.25. The lowest BCUT2D eigenvalue weighted by atomic mass is 9.90. The van der Waals surface area contributed by atoms with Gasteiger partial charge in [0.15, 0.2) is 5.78 Å². The molecule has 0 saturated heterocycles. The monoisotopic (exact) mass is 384 g/mol. The predicted molar refractivity (Wildman–Crippen MR) is 112 cm³/mol. The number of carbonyl (C=O) groups is 3. The molecule has 2 rings (SSSR count). The molecular formula is C23H32N2O3. The van der Waals surface area contributed by atoms with Crippen molar-refractivity contribution in [3.63, 3.8) is 0 Å². The molecule has 0 saturated carbocycles. The molecule has 0 aliphatic heterocycles. The molecule has 1 aliphatic carbocycles. The van der Waals surface area contributed by atoms with Gasteiger partial charge in [-0.05, 0) is 64.5 Å². The molecule has 1 aliphatic rings. The van der Waals surface area contributed by atoms with E-state index in [9.17, 15) is 14.4 Å². The number of imide groups is 1. The van der Waals surface area contributed by atoms with E-state index in [1.54, 1.807) is 24.3 Å². The molecule has 1 aromatic rings. The van der Waals surface area contributed by atoms with Crippen molar-refractivity contribution in [3.8, 4) is 0 Å². The third kappa shape index (κ3) is 5.31. The molecule has 0 bridgehead atoms. The maximum Gasteiger partial charge on any atom is 0.324 e. The van der Waals surface area contributed by atoms with Crippen molar-refractivity contribution in [2.45, 2.75) is 71.8 Å². The zero-order valence-corrected chi connectivity index (χ0v) is 17.5. The molecule has 0 radical (unpaired) electrons. The Hall–Kier alpha value is -2.43. The molecule has 3 amide bonds. The Morgan fingerprint density at radius 3 is 2.32 bits per heavy atom. The molecule has 0 fully saturated rings. The van der Waals surface area contributed by atoms with Crippen LogP contribution in [-0.2, 0) is 0 Å². The molecule has 0 spiro atoms. The summed E-state index contributed by atoms with van der Waals surface area (Å²) in [7, 11) is 0. The van der Waals surface area contributed by atoms with Crippen molar-refractivity contribution in [1.29, 1.82) is 0 Å². The molecule has 5 nitrogen and oxygen atoms in total. The average Bonchev–Trinajstić information content (AvgIpc) is 2.67. The van der Waals surface area contributed by atoms with Crippen molar-refractivity contribution in [3.05, 3.63) is 47.0 Å². The highest BCUT2D eigenvalue weighted by Gasteiger charge is 2.35. The second-order valence-corrected chi connectivity index (χ2v) is 8.25. The molecule has 5 heteroatoms. The molecule has 0 unspecified atom stereocenters. The van der Waals surface area contributed by atoms with Gasteiger partial charge in [-0.3, -0.25) is 14.5 Å². The number of hydrogen-bond donors (Lipinski definition) is 1. The minimum Gasteiger partial charge on any atom is -0.338 e. The molecule has 152 valence electrons. The van der Waals surface area contributed by atoms with Crippen molar-refractivity contribution in [2.75, 3.05) is 6.54 Å². The lowest BCUT2D eigenvalue weighted by Gasteiger charge is -2.34. The van der Waals surface area contributed by atoms with Crippen LogP contribution in [0.15, 0.2) is 35.9 Å². The zero-order chi connectivity index (χ0) is 20.7. The summed E-state index contributed by atoms with van der Waals surface area (Å²) in [4.78, 5) is 40.4. The van der Waals surface area contributed by atoms with Crippen LogP contribution in [0.3, 0.4) is 0 Å². The number of ketones is 1. The minimum atomic E-state index is -0.715. The highest BCUT2D eigenvalue weighted by Crippen LogP contribution is 2.25. The summed E-state index contributed by atoms with van der Waals surface area (Å²) in [6.07, 6.45) is 7.49. The van der Waals surface area contributed by atoms with Crippen LogP contribution >= 0.6 is 0 Å². The van der Waals surface area contributed by atoms with Crippen molar-refractivity contribution in [2.24, 2.45) is 0 Å². The number of benzene rings is 1. The number of nitrogens with one attached hydrogen (secondary N) is 1. The third-order valence-electron chi connectivity index (χ3n) is 4.87. The minimum absolute atomic E-state index is 0.107. The number of Topliss-reactive ketones (excluding diaryl/α,β-unsaturated/α-hetero) is 1. The van der Waals surface area contributed by atoms with E-state index in [2.05, 4.69) is 5.32 Å². The van der Waals surface area contributed by atoms with E-state index in [1.165, 1.54) is 4.90 Å². The van der Waals surface area contributed by atoms with E-state index in [1.807, 2.05) is 33.8 Å². The Kier molecular flexibility index (Phi) is 7.55. The van der Waals surface area contributed by atoms with Gasteiger partial charge in [-0.15, -0.1) is 0 Å². The van der Waals surface area contributed by atoms with Crippen molar-refractivity contribution in [1.82, 2.24) is 10.2 Å². The highest BCUT2D eigenvalue weighted by atomic mass is 16.2. The average molecular weight is 385 g/mol. The standard InChI is InChI=1S/C23H32N2O3/c1-5-6-16-24-22(28)25(23(2,3)4)21(27)19-15-11-10-14-18(19)20(26)17-12-8-7-9-13-17/h10-12,14-15H,5-9,13,16H2,1-4H3,(H,24,28). The van der Waals surface area contributed by atoms with E-state index < -0.39 is 17.5 Å². The van der Waals surface area contributed by atoms with E-state index in [0.29, 0.717) is 12.1 Å². The Labute approximate surface area is 168 Å². The van der Waals surface area contributed by atoms with Crippen LogP contribution < -0.4 is 5.32 Å². The van der Waals surface area contributed by atoms with Gasteiger partial charge < -0.3 is 5.32 Å². The van der Waals surface area contributed by atoms with Gasteiger partial charge in [0.05, 0.1) is 5.56 Å².